The Morgan fingerprint density at radius 3 is 2.37 bits per heavy atom. The summed E-state index contributed by atoms with van der Waals surface area (Å²) in [4.78, 5) is 36.4. The Balaban J connectivity index is 1.16. The number of piperidine rings is 1. The number of aromatic nitrogens is 3. The van der Waals surface area contributed by atoms with E-state index in [2.05, 4.69) is 68.7 Å². The van der Waals surface area contributed by atoms with Gasteiger partial charge < -0.3 is 25.4 Å². The molecule has 6 rings (SSSR count). The molecule has 2 saturated heterocycles. The van der Waals surface area contributed by atoms with Crippen molar-refractivity contribution in [2.24, 2.45) is 10.7 Å². The lowest BCUT2D eigenvalue weighted by Gasteiger charge is -2.40. The highest BCUT2D eigenvalue weighted by atomic mass is 16.2. The highest BCUT2D eigenvalue weighted by molar-refractivity contribution is 5.92. The van der Waals surface area contributed by atoms with E-state index in [9.17, 15) is 4.79 Å². The van der Waals surface area contributed by atoms with Crippen LogP contribution < -0.4 is 10.6 Å². The number of hydrogen-bond donors (Lipinski definition) is 2. The number of nitrogens with two attached hydrogens (primary N) is 1. The number of aliphatic imine (C=N–C) groups is 1. The summed E-state index contributed by atoms with van der Waals surface area (Å²) >= 11 is 0. The highest BCUT2D eigenvalue weighted by Crippen LogP contribution is 2.40. The summed E-state index contributed by atoms with van der Waals surface area (Å²) in [5, 5.41) is 1.27. The van der Waals surface area contributed by atoms with Crippen molar-refractivity contribution in [3.05, 3.63) is 71.2 Å². The van der Waals surface area contributed by atoms with Gasteiger partial charge in [0.05, 0.1) is 12.0 Å². The van der Waals surface area contributed by atoms with Crippen LogP contribution in [0.4, 0.5) is 16.3 Å². The van der Waals surface area contributed by atoms with Gasteiger partial charge >= 0.3 is 6.03 Å². The molecule has 0 unspecified atom stereocenters. The maximum Gasteiger partial charge on any atom is 0.320 e. The third-order valence-corrected chi connectivity index (χ3v) is 9.34. The summed E-state index contributed by atoms with van der Waals surface area (Å²) in [6.07, 6.45) is 8.82. The molecule has 2 amide bonds. The largest absolute Gasteiger partial charge is 0.390 e. The van der Waals surface area contributed by atoms with E-state index in [0.717, 1.165) is 80.0 Å². The normalized spacial score (nSPS) is 16.6. The first-order valence-corrected chi connectivity index (χ1v) is 15.4. The molecule has 0 bridgehead atoms. The van der Waals surface area contributed by atoms with Gasteiger partial charge in [0.15, 0.2) is 5.82 Å². The monoisotopic (exact) mass is 578 g/mol. The number of pyridine rings is 2. The van der Waals surface area contributed by atoms with E-state index < -0.39 is 0 Å². The quantitative estimate of drug-likeness (QED) is 0.220. The smallest absolute Gasteiger partial charge is 0.320 e. The zero-order chi connectivity index (χ0) is 30.1. The summed E-state index contributed by atoms with van der Waals surface area (Å²) in [5.74, 6) is 1.43. The van der Waals surface area contributed by atoms with Crippen molar-refractivity contribution in [2.45, 2.75) is 52.4 Å². The summed E-state index contributed by atoms with van der Waals surface area (Å²) in [6, 6.07) is 11.1. The van der Waals surface area contributed by atoms with E-state index in [1.54, 1.807) is 0 Å². The van der Waals surface area contributed by atoms with E-state index in [4.69, 9.17) is 5.73 Å². The second kappa shape index (κ2) is 12.1. The van der Waals surface area contributed by atoms with E-state index >= 15 is 0 Å². The van der Waals surface area contributed by atoms with Crippen LogP contribution in [-0.2, 0) is 0 Å². The van der Waals surface area contributed by atoms with Crippen molar-refractivity contribution in [1.29, 1.82) is 0 Å². The fraction of sp³-hybridized carbons (Fsp3) is 0.412. The van der Waals surface area contributed by atoms with Crippen LogP contribution >= 0.6 is 0 Å². The SMILES string of the molecule is Cc1c(-c2[nH]c3ccc(C4CCN(C(=O)N5CCN(c6ccncc6)CC5)CC4)cc3c2C(C)C)cnc(N=CN)c1C. The van der Waals surface area contributed by atoms with Crippen molar-refractivity contribution in [3.8, 4) is 11.3 Å². The topological polar surface area (TPSA) is 107 Å². The number of nitrogens with one attached hydrogen (secondary N) is 1. The first-order chi connectivity index (χ1) is 20.9. The predicted octanol–water partition coefficient (Wildman–Crippen LogP) is 6.11. The third kappa shape index (κ3) is 5.56. The number of amides is 2. The van der Waals surface area contributed by atoms with Gasteiger partial charge in [0.1, 0.15) is 0 Å². The fourth-order valence-electron chi connectivity index (χ4n) is 6.75. The lowest BCUT2D eigenvalue weighted by Crippen LogP contribution is -2.54. The summed E-state index contributed by atoms with van der Waals surface area (Å²) in [5.41, 5.74) is 14.9. The molecule has 9 nitrogen and oxygen atoms in total. The van der Waals surface area contributed by atoms with Crippen LogP contribution in [0.3, 0.4) is 0 Å². The minimum Gasteiger partial charge on any atom is -0.390 e. The first kappa shape index (κ1) is 28.7. The van der Waals surface area contributed by atoms with Crippen LogP contribution in [0.2, 0.25) is 0 Å². The van der Waals surface area contributed by atoms with E-state index in [1.807, 2.05) is 42.5 Å². The Kier molecular flexibility index (Phi) is 8.06. The zero-order valence-electron chi connectivity index (χ0n) is 25.7. The molecule has 0 atom stereocenters. The molecule has 3 aromatic heterocycles. The fourth-order valence-corrected chi connectivity index (χ4v) is 6.75. The number of carbonyl (C=O) groups excluding carboxylic acids is 1. The van der Waals surface area contributed by atoms with E-state index in [-0.39, 0.29) is 6.03 Å². The number of likely N-dealkylation sites (tertiary alicyclic amines) is 1. The van der Waals surface area contributed by atoms with Crippen molar-refractivity contribution in [1.82, 2.24) is 24.8 Å². The minimum atomic E-state index is 0.183. The first-order valence-electron chi connectivity index (χ1n) is 15.4. The lowest BCUT2D eigenvalue weighted by molar-refractivity contribution is 0.137. The maximum atomic E-state index is 13.4. The van der Waals surface area contributed by atoms with Gasteiger partial charge in [-0.1, -0.05) is 19.9 Å². The molecule has 9 heteroatoms. The second-order valence-electron chi connectivity index (χ2n) is 12.1. The number of fused-ring (bicyclic) bond motifs is 1. The highest BCUT2D eigenvalue weighted by Gasteiger charge is 2.30. The number of benzene rings is 1. The van der Waals surface area contributed by atoms with Gasteiger partial charge in [0.25, 0.3) is 0 Å². The van der Waals surface area contributed by atoms with Gasteiger partial charge in [-0.05, 0) is 85.0 Å². The lowest BCUT2D eigenvalue weighted by atomic mass is 9.87. The van der Waals surface area contributed by atoms with Gasteiger partial charge in [-0.2, -0.15) is 0 Å². The number of hydrogen-bond acceptors (Lipinski definition) is 5. The van der Waals surface area contributed by atoms with Crippen molar-refractivity contribution in [3.63, 3.8) is 0 Å². The van der Waals surface area contributed by atoms with Crippen LogP contribution in [0.1, 0.15) is 60.8 Å². The second-order valence-corrected chi connectivity index (χ2v) is 12.1. The number of H-pyrrole nitrogens is 1. The van der Waals surface area contributed by atoms with Crippen LogP contribution in [0, 0.1) is 13.8 Å². The average molecular weight is 579 g/mol. The molecule has 0 aliphatic carbocycles. The molecule has 1 aromatic carbocycles. The molecular formula is C34H42N8O. The number of carbonyl (C=O) groups is 1. The minimum absolute atomic E-state index is 0.183. The third-order valence-electron chi connectivity index (χ3n) is 9.34. The van der Waals surface area contributed by atoms with Crippen LogP contribution in [-0.4, -0.2) is 76.4 Å². The molecule has 43 heavy (non-hydrogen) atoms. The molecule has 2 aliphatic heterocycles. The molecule has 0 saturated carbocycles. The van der Waals surface area contributed by atoms with Crippen molar-refractivity contribution >= 4 is 34.8 Å². The molecule has 0 radical (unpaired) electrons. The van der Waals surface area contributed by atoms with Crippen LogP contribution in [0.5, 0.6) is 0 Å². The predicted molar refractivity (Wildman–Crippen MR) is 174 cm³/mol. The number of aromatic amines is 1. The van der Waals surface area contributed by atoms with Crippen LogP contribution in [0.25, 0.3) is 22.2 Å². The van der Waals surface area contributed by atoms with Crippen LogP contribution in [0.15, 0.2) is 53.9 Å². The van der Waals surface area contributed by atoms with Gasteiger partial charge in [-0.3, -0.25) is 4.98 Å². The van der Waals surface area contributed by atoms with Crippen molar-refractivity contribution < 1.29 is 4.79 Å². The average Bonchev–Trinajstić information content (AvgIpc) is 3.42. The van der Waals surface area contributed by atoms with E-state index in [0.29, 0.717) is 17.7 Å². The Labute approximate surface area is 253 Å². The molecule has 0 spiro atoms. The molecule has 224 valence electrons. The summed E-state index contributed by atoms with van der Waals surface area (Å²) in [7, 11) is 0. The van der Waals surface area contributed by atoms with Gasteiger partial charge in [-0.25, -0.2) is 14.8 Å². The number of nitrogens with zero attached hydrogens (tertiary/aromatic N) is 6. The standard InChI is InChI=1S/C34H42N8O/c1-22(2)31-28-19-26(5-6-30(28)39-32(31)29-20-37-33(38-21-35)24(4)23(29)3)25-9-13-41(14-10-25)34(43)42-17-15-40(16-18-42)27-7-11-36-12-8-27/h5-8,11-12,19-22,25,39H,9-10,13-18H2,1-4H3,(H2,35,37,38). The Hall–Kier alpha value is -4.40. The molecule has 2 aliphatic rings. The van der Waals surface area contributed by atoms with E-state index in [1.165, 1.54) is 28.5 Å². The van der Waals surface area contributed by atoms with Gasteiger partial charge in [0.2, 0.25) is 0 Å². The number of rotatable bonds is 5. The molecule has 4 aromatic rings. The Morgan fingerprint density at radius 2 is 1.70 bits per heavy atom. The number of piperazine rings is 1. The molecular weight excluding hydrogens is 536 g/mol. The zero-order valence-corrected chi connectivity index (χ0v) is 25.7. The summed E-state index contributed by atoms with van der Waals surface area (Å²) in [6.45, 7) is 13.5. The number of urea groups is 1. The molecule has 5 heterocycles. The molecule has 3 N–H and O–H groups in total. The van der Waals surface area contributed by atoms with Gasteiger partial charge in [-0.15, -0.1) is 0 Å². The Morgan fingerprint density at radius 1 is 1.00 bits per heavy atom. The molecule has 2 fully saturated rings. The Bertz CT molecular complexity index is 1630. The maximum absolute atomic E-state index is 13.4. The summed E-state index contributed by atoms with van der Waals surface area (Å²) < 4.78 is 0. The number of anilines is 1. The van der Waals surface area contributed by atoms with Crippen molar-refractivity contribution in [2.75, 3.05) is 44.2 Å². The van der Waals surface area contributed by atoms with Gasteiger partial charge in [0, 0.05) is 80.0 Å².